The zero-order valence-corrected chi connectivity index (χ0v) is 13.4. The summed E-state index contributed by atoms with van der Waals surface area (Å²) in [6.45, 7) is 1.35. The van der Waals surface area contributed by atoms with E-state index in [4.69, 9.17) is 11.6 Å². The standard InChI is InChI=1S/C17H15ClF2N2O/c1-9(2)15-6-10-5-13(18)12(7-16(10)22-15)14-4-3-11(8-21-14)23-17(19)20/h3-9,17,22H,1-2H3. The van der Waals surface area contributed by atoms with Crippen molar-refractivity contribution < 1.29 is 13.5 Å². The lowest BCUT2D eigenvalue weighted by atomic mass is 10.1. The highest BCUT2D eigenvalue weighted by molar-refractivity contribution is 6.34. The van der Waals surface area contributed by atoms with Gasteiger partial charge in [0.25, 0.3) is 0 Å². The molecule has 3 aromatic rings. The lowest BCUT2D eigenvalue weighted by molar-refractivity contribution is -0.0500. The van der Waals surface area contributed by atoms with Crippen molar-refractivity contribution >= 4 is 22.5 Å². The van der Waals surface area contributed by atoms with Gasteiger partial charge in [0.15, 0.2) is 0 Å². The Balaban J connectivity index is 2.00. The van der Waals surface area contributed by atoms with Gasteiger partial charge in [0.05, 0.1) is 16.9 Å². The highest BCUT2D eigenvalue weighted by Crippen LogP contribution is 2.33. The Morgan fingerprint density at radius 1 is 1.17 bits per heavy atom. The van der Waals surface area contributed by atoms with E-state index in [1.165, 1.54) is 12.3 Å². The minimum atomic E-state index is -2.86. The number of aromatic amines is 1. The number of hydrogen-bond donors (Lipinski definition) is 1. The fraction of sp³-hybridized carbons (Fsp3) is 0.235. The molecule has 0 amide bonds. The Morgan fingerprint density at radius 2 is 1.96 bits per heavy atom. The van der Waals surface area contributed by atoms with Crippen molar-refractivity contribution in [3.8, 4) is 17.0 Å². The summed E-state index contributed by atoms with van der Waals surface area (Å²) < 4.78 is 28.6. The highest BCUT2D eigenvalue weighted by Gasteiger charge is 2.11. The van der Waals surface area contributed by atoms with E-state index in [-0.39, 0.29) is 5.75 Å². The second-order valence-corrected chi connectivity index (χ2v) is 5.96. The van der Waals surface area contributed by atoms with Crippen LogP contribution in [0.1, 0.15) is 25.5 Å². The first-order valence-corrected chi connectivity index (χ1v) is 7.55. The van der Waals surface area contributed by atoms with Gasteiger partial charge in [-0.05, 0) is 36.2 Å². The maximum atomic E-state index is 12.2. The van der Waals surface area contributed by atoms with E-state index < -0.39 is 6.61 Å². The maximum absolute atomic E-state index is 12.2. The van der Waals surface area contributed by atoms with Gasteiger partial charge in [-0.2, -0.15) is 8.78 Å². The highest BCUT2D eigenvalue weighted by atomic mass is 35.5. The summed E-state index contributed by atoms with van der Waals surface area (Å²) in [5.41, 5.74) is 3.42. The van der Waals surface area contributed by atoms with E-state index >= 15 is 0 Å². The molecule has 0 atom stereocenters. The molecule has 0 bridgehead atoms. The van der Waals surface area contributed by atoms with Gasteiger partial charge in [0.2, 0.25) is 0 Å². The summed E-state index contributed by atoms with van der Waals surface area (Å²) >= 11 is 6.35. The number of aromatic nitrogens is 2. The number of H-pyrrole nitrogens is 1. The van der Waals surface area contributed by atoms with Gasteiger partial charge in [-0.1, -0.05) is 25.4 Å². The van der Waals surface area contributed by atoms with Crippen molar-refractivity contribution in [1.29, 1.82) is 0 Å². The molecule has 3 nitrogen and oxygen atoms in total. The minimum Gasteiger partial charge on any atom is -0.433 e. The number of pyridine rings is 1. The van der Waals surface area contributed by atoms with Gasteiger partial charge in [-0.3, -0.25) is 4.98 Å². The van der Waals surface area contributed by atoms with E-state index in [9.17, 15) is 8.78 Å². The smallest absolute Gasteiger partial charge is 0.387 e. The minimum absolute atomic E-state index is 0.0166. The van der Waals surface area contributed by atoms with E-state index in [1.807, 2.05) is 12.1 Å². The molecule has 0 saturated carbocycles. The normalized spacial score (nSPS) is 11.6. The molecule has 0 aliphatic rings. The molecule has 0 aliphatic carbocycles. The third-order valence-electron chi connectivity index (χ3n) is 3.59. The van der Waals surface area contributed by atoms with Crippen LogP contribution < -0.4 is 4.74 Å². The van der Waals surface area contributed by atoms with Gasteiger partial charge in [-0.25, -0.2) is 0 Å². The Morgan fingerprint density at radius 3 is 2.57 bits per heavy atom. The van der Waals surface area contributed by atoms with Crippen molar-refractivity contribution in [2.75, 3.05) is 0 Å². The second-order valence-electron chi connectivity index (χ2n) is 5.56. The summed E-state index contributed by atoms with van der Waals surface area (Å²) in [5, 5.41) is 1.59. The maximum Gasteiger partial charge on any atom is 0.387 e. The van der Waals surface area contributed by atoms with Gasteiger partial charge in [-0.15, -0.1) is 0 Å². The van der Waals surface area contributed by atoms with Crippen LogP contribution in [-0.2, 0) is 0 Å². The lowest BCUT2D eigenvalue weighted by Gasteiger charge is -2.07. The Bertz CT molecular complexity index is 828. The second kappa shape index (κ2) is 6.16. The molecule has 0 unspecified atom stereocenters. The summed E-state index contributed by atoms with van der Waals surface area (Å²) in [6, 6.07) is 8.92. The molecule has 2 aromatic heterocycles. The number of nitrogens with one attached hydrogen (secondary N) is 1. The topological polar surface area (TPSA) is 37.9 Å². The molecule has 120 valence electrons. The van der Waals surface area contributed by atoms with Crippen LogP contribution in [0.3, 0.4) is 0 Å². The lowest BCUT2D eigenvalue weighted by Crippen LogP contribution is -2.02. The van der Waals surface area contributed by atoms with Crippen LogP contribution in [0.15, 0.2) is 36.5 Å². The van der Waals surface area contributed by atoms with E-state index in [0.29, 0.717) is 16.6 Å². The predicted molar refractivity (Wildman–Crippen MR) is 87.3 cm³/mol. The van der Waals surface area contributed by atoms with Crippen LogP contribution in [0, 0.1) is 0 Å². The number of alkyl halides is 2. The predicted octanol–water partition coefficient (Wildman–Crippen LogP) is 5.61. The van der Waals surface area contributed by atoms with E-state index in [2.05, 4.69) is 34.6 Å². The summed E-state index contributed by atoms with van der Waals surface area (Å²) in [4.78, 5) is 7.51. The number of benzene rings is 1. The van der Waals surface area contributed by atoms with Crippen molar-refractivity contribution in [2.24, 2.45) is 0 Å². The number of nitrogens with zero attached hydrogens (tertiary/aromatic N) is 1. The number of halogens is 3. The molecule has 0 saturated heterocycles. The largest absolute Gasteiger partial charge is 0.433 e. The molecule has 1 N–H and O–H groups in total. The Hall–Kier alpha value is -2.14. The molecule has 23 heavy (non-hydrogen) atoms. The number of fused-ring (bicyclic) bond motifs is 1. The summed E-state index contributed by atoms with van der Waals surface area (Å²) in [6.07, 6.45) is 1.26. The van der Waals surface area contributed by atoms with Crippen molar-refractivity contribution in [1.82, 2.24) is 9.97 Å². The van der Waals surface area contributed by atoms with Gasteiger partial charge >= 0.3 is 6.61 Å². The third-order valence-corrected chi connectivity index (χ3v) is 3.90. The Kier molecular flexibility index (Phi) is 4.22. The number of hydrogen-bond acceptors (Lipinski definition) is 2. The summed E-state index contributed by atoms with van der Waals surface area (Å²) in [5.74, 6) is 0.399. The van der Waals surface area contributed by atoms with E-state index in [0.717, 1.165) is 22.2 Å². The fourth-order valence-corrected chi connectivity index (χ4v) is 2.66. The molecule has 1 aromatic carbocycles. The molecule has 0 spiro atoms. The van der Waals surface area contributed by atoms with Crippen LogP contribution in [0.5, 0.6) is 5.75 Å². The van der Waals surface area contributed by atoms with Crippen LogP contribution in [0.25, 0.3) is 22.2 Å². The fourth-order valence-electron chi connectivity index (χ4n) is 2.39. The first-order chi connectivity index (χ1) is 10.9. The average molecular weight is 337 g/mol. The Labute approximate surface area is 137 Å². The van der Waals surface area contributed by atoms with Crippen molar-refractivity contribution in [3.63, 3.8) is 0 Å². The average Bonchev–Trinajstić information content (AvgIpc) is 2.90. The van der Waals surface area contributed by atoms with Crippen LogP contribution >= 0.6 is 11.6 Å². The molecule has 3 rings (SSSR count). The zero-order valence-electron chi connectivity index (χ0n) is 12.6. The van der Waals surface area contributed by atoms with Crippen LogP contribution in [-0.4, -0.2) is 16.6 Å². The van der Waals surface area contributed by atoms with Crippen molar-refractivity contribution in [3.05, 3.63) is 47.2 Å². The number of ether oxygens (including phenoxy) is 1. The molecule has 0 fully saturated rings. The SMILES string of the molecule is CC(C)c1cc2cc(Cl)c(-c3ccc(OC(F)F)cn3)cc2[nH]1. The molecule has 2 heterocycles. The molecule has 0 aliphatic heterocycles. The van der Waals surface area contributed by atoms with Crippen LogP contribution in [0.2, 0.25) is 5.02 Å². The van der Waals surface area contributed by atoms with Gasteiger partial charge in [0, 0.05) is 22.2 Å². The van der Waals surface area contributed by atoms with Crippen LogP contribution in [0.4, 0.5) is 8.78 Å². The van der Waals surface area contributed by atoms with Crippen molar-refractivity contribution in [2.45, 2.75) is 26.4 Å². The van der Waals surface area contributed by atoms with E-state index in [1.54, 1.807) is 6.07 Å². The molecular weight excluding hydrogens is 322 g/mol. The molecule has 0 radical (unpaired) electrons. The van der Waals surface area contributed by atoms with Gasteiger partial charge in [0.1, 0.15) is 5.75 Å². The first kappa shape index (κ1) is 15.7. The van der Waals surface area contributed by atoms with Gasteiger partial charge < -0.3 is 9.72 Å². The quantitative estimate of drug-likeness (QED) is 0.672. The molecule has 6 heteroatoms. The monoisotopic (exact) mass is 336 g/mol. The number of rotatable bonds is 4. The third kappa shape index (κ3) is 3.29. The zero-order chi connectivity index (χ0) is 16.6. The summed E-state index contributed by atoms with van der Waals surface area (Å²) in [7, 11) is 0. The molecular formula is C17H15ClF2N2O. The first-order valence-electron chi connectivity index (χ1n) is 7.17.